The summed E-state index contributed by atoms with van der Waals surface area (Å²) in [6.07, 6.45) is 4.03. The first-order valence-electron chi connectivity index (χ1n) is 6.52. The molecule has 1 nitrogen and oxygen atoms in total. The normalized spacial score (nSPS) is 11.3. The summed E-state index contributed by atoms with van der Waals surface area (Å²) in [5, 5.41) is 1.92. The number of fused-ring (bicyclic) bond motifs is 1. The summed E-state index contributed by atoms with van der Waals surface area (Å²) in [5.41, 5.74) is 4.29. The largest absolute Gasteiger partial charge is 0.248 e. The Balaban J connectivity index is 1.93. The molecule has 0 bridgehead atoms. The molecular weight excluding hydrogens is 266 g/mol. The Kier molecular flexibility index (Phi) is 3.53. The highest BCUT2D eigenvalue weighted by atomic mass is 35.5. The first kappa shape index (κ1) is 12.9. The molecule has 0 fully saturated rings. The zero-order valence-corrected chi connectivity index (χ0v) is 11.9. The number of hydrogen-bond donors (Lipinski definition) is 0. The summed E-state index contributed by atoms with van der Waals surface area (Å²) in [4.78, 5) is 4.63. The quantitative estimate of drug-likeness (QED) is 0.615. The van der Waals surface area contributed by atoms with E-state index in [-0.39, 0.29) is 0 Å². The molecule has 98 valence electrons. The molecule has 1 heterocycles. The molecule has 20 heavy (non-hydrogen) atoms. The fourth-order valence-electron chi connectivity index (χ4n) is 2.15. The smallest absolute Gasteiger partial charge is 0.0709 e. The lowest BCUT2D eigenvalue weighted by atomic mass is 10.1. The zero-order valence-electron chi connectivity index (χ0n) is 11.2. The molecule has 3 aromatic rings. The number of rotatable bonds is 2. The van der Waals surface area contributed by atoms with E-state index in [1.165, 1.54) is 10.9 Å². The van der Waals surface area contributed by atoms with Gasteiger partial charge in [0.25, 0.3) is 0 Å². The Labute approximate surface area is 123 Å². The van der Waals surface area contributed by atoms with E-state index in [9.17, 15) is 0 Å². The van der Waals surface area contributed by atoms with E-state index >= 15 is 0 Å². The van der Waals surface area contributed by atoms with Gasteiger partial charge in [-0.1, -0.05) is 47.5 Å². The number of benzene rings is 2. The summed E-state index contributed by atoms with van der Waals surface area (Å²) in [6.45, 7) is 2.09. The maximum atomic E-state index is 5.97. The maximum Gasteiger partial charge on any atom is 0.0709 e. The molecule has 1 aromatic heterocycles. The first-order valence-corrected chi connectivity index (χ1v) is 6.89. The SMILES string of the molecule is Cc1ccc2nc(/C=C/c3cccc(Cl)c3)ccc2c1. The van der Waals surface area contributed by atoms with E-state index in [2.05, 4.69) is 36.2 Å². The Morgan fingerprint density at radius 1 is 0.950 bits per heavy atom. The van der Waals surface area contributed by atoms with Crippen molar-refractivity contribution in [2.24, 2.45) is 0 Å². The van der Waals surface area contributed by atoms with Gasteiger partial charge in [-0.25, -0.2) is 4.98 Å². The van der Waals surface area contributed by atoms with E-state index in [1.807, 2.05) is 42.5 Å². The first-order chi connectivity index (χ1) is 9.70. The predicted octanol–water partition coefficient (Wildman–Crippen LogP) is 5.37. The molecule has 0 radical (unpaired) electrons. The minimum Gasteiger partial charge on any atom is -0.248 e. The van der Waals surface area contributed by atoms with E-state index in [0.717, 1.165) is 21.8 Å². The van der Waals surface area contributed by atoms with Gasteiger partial charge < -0.3 is 0 Å². The molecule has 0 saturated heterocycles. The van der Waals surface area contributed by atoms with Crippen LogP contribution in [0.5, 0.6) is 0 Å². The van der Waals surface area contributed by atoms with Crippen molar-refractivity contribution in [3.63, 3.8) is 0 Å². The third-order valence-corrected chi connectivity index (χ3v) is 3.40. The number of aromatic nitrogens is 1. The van der Waals surface area contributed by atoms with Crippen molar-refractivity contribution < 1.29 is 0 Å². The maximum absolute atomic E-state index is 5.97. The van der Waals surface area contributed by atoms with Gasteiger partial charge >= 0.3 is 0 Å². The fraction of sp³-hybridized carbons (Fsp3) is 0.0556. The van der Waals surface area contributed by atoms with Crippen LogP contribution in [0.4, 0.5) is 0 Å². The lowest BCUT2D eigenvalue weighted by Crippen LogP contribution is -1.84. The fourth-order valence-corrected chi connectivity index (χ4v) is 2.34. The molecule has 0 aliphatic carbocycles. The Hall–Kier alpha value is -2.12. The molecule has 0 aliphatic rings. The van der Waals surface area contributed by atoms with Gasteiger partial charge in [0.05, 0.1) is 11.2 Å². The van der Waals surface area contributed by atoms with E-state index in [4.69, 9.17) is 11.6 Å². The number of aryl methyl sites for hydroxylation is 1. The van der Waals surface area contributed by atoms with Crippen LogP contribution in [0.25, 0.3) is 23.1 Å². The topological polar surface area (TPSA) is 12.9 Å². The molecule has 0 atom stereocenters. The van der Waals surface area contributed by atoms with E-state index in [1.54, 1.807) is 0 Å². The average molecular weight is 280 g/mol. The summed E-state index contributed by atoms with van der Waals surface area (Å²) in [6, 6.07) is 18.2. The molecule has 2 heteroatoms. The average Bonchev–Trinajstić information content (AvgIpc) is 2.45. The van der Waals surface area contributed by atoms with Crippen LogP contribution in [0.1, 0.15) is 16.8 Å². The standard InChI is InChI=1S/C18H14ClN/c1-13-5-10-18-15(11-13)7-9-17(20-18)8-6-14-3-2-4-16(19)12-14/h2-12H,1H3/b8-6+. The second-order valence-corrected chi connectivity index (χ2v) is 5.26. The third-order valence-electron chi connectivity index (χ3n) is 3.16. The van der Waals surface area contributed by atoms with Gasteiger partial charge in [0.1, 0.15) is 0 Å². The lowest BCUT2D eigenvalue weighted by Gasteiger charge is -2.00. The second-order valence-electron chi connectivity index (χ2n) is 4.82. The van der Waals surface area contributed by atoms with Crippen molar-refractivity contribution in [2.45, 2.75) is 6.92 Å². The van der Waals surface area contributed by atoms with Crippen LogP contribution in [0.15, 0.2) is 54.6 Å². The molecule has 3 rings (SSSR count). The Bertz CT molecular complexity index is 790. The van der Waals surface area contributed by atoms with Crippen molar-refractivity contribution in [3.8, 4) is 0 Å². The number of hydrogen-bond acceptors (Lipinski definition) is 1. The van der Waals surface area contributed by atoms with Gasteiger partial charge in [-0.05, 0) is 48.9 Å². The Morgan fingerprint density at radius 3 is 2.70 bits per heavy atom. The minimum atomic E-state index is 0.745. The molecule has 0 aliphatic heterocycles. The summed E-state index contributed by atoms with van der Waals surface area (Å²) < 4.78 is 0. The van der Waals surface area contributed by atoms with Crippen molar-refractivity contribution in [1.29, 1.82) is 0 Å². The van der Waals surface area contributed by atoms with Crippen molar-refractivity contribution in [3.05, 3.63) is 76.4 Å². The van der Waals surface area contributed by atoms with Crippen molar-refractivity contribution in [1.82, 2.24) is 4.98 Å². The van der Waals surface area contributed by atoms with Crippen molar-refractivity contribution in [2.75, 3.05) is 0 Å². The van der Waals surface area contributed by atoms with Crippen LogP contribution in [0.2, 0.25) is 5.02 Å². The molecule has 0 amide bonds. The Morgan fingerprint density at radius 2 is 1.85 bits per heavy atom. The van der Waals surface area contributed by atoms with Gasteiger partial charge in [-0.2, -0.15) is 0 Å². The number of pyridine rings is 1. The molecule has 0 N–H and O–H groups in total. The molecule has 0 saturated carbocycles. The minimum absolute atomic E-state index is 0.745. The van der Waals surface area contributed by atoms with Gasteiger partial charge in [0, 0.05) is 10.4 Å². The highest BCUT2D eigenvalue weighted by Crippen LogP contribution is 2.17. The van der Waals surface area contributed by atoms with Crippen LogP contribution in [-0.4, -0.2) is 4.98 Å². The number of nitrogens with zero attached hydrogens (tertiary/aromatic N) is 1. The van der Waals surface area contributed by atoms with Crippen molar-refractivity contribution >= 4 is 34.7 Å². The van der Waals surface area contributed by atoms with Gasteiger partial charge in [-0.3, -0.25) is 0 Å². The summed E-state index contributed by atoms with van der Waals surface area (Å²) in [5.74, 6) is 0. The molecular formula is C18H14ClN. The molecule has 2 aromatic carbocycles. The zero-order chi connectivity index (χ0) is 13.9. The van der Waals surface area contributed by atoms with Crippen LogP contribution >= 0.6 is 11.6 Å². The monoisotopic (exact) mass is 279 g/mol. The second kappa shape index (κ2) is 5.48. The van der Waals surface area contributed by atoms with Crippen LogP contribution in [0, 0.1) is 6.92 Å². The number of halogens is 1. The molecule has 0 spiro atoms. The van der Waals surface area contributed by atoms with Crippen LogP contribution in [0.3, 0.4) is 0 Å². The van der Waals surface area contributed by atoms with Crippen LogP contribution in [-0.2, 0) is 0 Å². The van der Waals surface area contributed by atoms with Crippen LogP contribution < -0.4 is 0 Å². The third kappa shape index (κ3) is 2.89. The predicted molar refractivity (Wildman–Crippen MR) is 86.9 cm³/mol. The molecule has 0 unspecified atom stereocenters. The summed E-state index contributed by atoms with van der Waals surface area (Å²) in [7, 11) is 0. The highest BCUT2D eigenvalue weighted by Gasteiger charge is 1.96. The lowest BCUT2D eigenvalue weighted by molar-refractivity contribution is 1.36. The van der Waals surface area contributed by atoms with Gasteiger partial charge in [0.2, 0.25) is 0 Å². The van der Waals surface area contributed by atoms with Gasteiger partial charge in [0.15, 0.2) is 0 Å². The van der Waals surface area contributed by atoms with Gasteiger partial charge in [-0.15, -0.1) is 0 Å². The summed E-state index contributed by atoms with van der Waals surface area (Å²) >= 11 is 5.97. The van der Waals surface area contributed by atoms with E-state index in [0.29, 0.717) is 0 Å². The van der Waals surface area contributed by atoms with E-state index < -0.39 is 0 Å². The highest BCUT2D eigenvalue weighted by molar-refractivity contribution is 6.30.